The van der Waals surface area contributed by atoms with Gasteiger partial charge in [-0.05, 0) is 30.3 Å². The van der Waals surface area contributed by atoms with Gasteiger partial charge in [0.05, 0.1) is 39.6 Å². The third-order valence-corrected chi connectivity index (χ3v) is 7.30. The van der Waals surface area contributed by atoms with Crippen molar-refractivity contribution in [2.45, 2.75) is 30.8 Å². The van der Waals surface area contributed by atoms with Crippen LogP contribution in [0.15, 0.2) is 42.0 Å². The lowest BCUT2D eigenvalue weighted by Crippen LogP contribution is -2.52. The quantitative estimate of drug-likeness (QED) is 0.377. The average molecular weight is 536 g/mol. The molecule has 1 saturated heterocycles. The van der Waals surface area contributed by atoms with Gasteiger partial charge in [-0.25, -0.2) is 18.4 Å². The van der Waals surface area contributed by atoms with E-state index in [1.807, 2.05) is 12.1 Å². The first-order chi connectivity index (χ1) is 17.3. The van der Waals surface area contributed by atoms with Crippen molar-refractivity contribution in [2.24, 2.45) is 0 Å². The maximum Gasteiger partial charge on any atom is 0.255 e. The number of aliphatic hydroxyl groups is 2. The smallest absolute Gasteiger partial charge is 0.255 e. The fourth-order valence-corrected chi connectivity index (χ4v) is 5.07. The summed E-state index contributed by atoms with van der Waals surface area (Å²) in [6.07, 6.45) is -1.99. The third kappa shape index (κ3) is 4.35. The Hall–Kier alpha value is -3.03. The number of halogens is 3. The monoisotopic (exact) mass is 535 g/mol. The van der Waals surface area contributed by atoms with Crippen molar-refractivity contribution in [3.8, 4) is 11.3 Å². The molecule has 5 rings (SSSR count). The van der Waals surface area contributed by atoms with Crippen LogP contribution in [0.2, 0.25) is 5.02 Å². The summed E-state index contributed by atoms with van der Waals surface area (Å²) in [4.78, 5) is 19.0. The van der Waals surface area contributed by atoms with Gasteiger partial charge in [-0.3, -0.25) is 4.79 Å². The highest BCUT2D eigenvalue weighted by molar-refractivity contribution is 7.16. The number of aliphatic hydroxyl groups excluding tert-OH is 2. The van der Waals surface area contributed by atoms with E-state index in [2.05, 4.69) is 15.3 Å². The SMILES string of the molecule is CN(C(=O)C1CC(n2cc(-c3ccc(Cl)c(F)c3F)nn2)C(O)C(CO)O1)c1ccc2ncsc2c1. The molecule has 1 aliphatic rings. The van der Waals surface area contributed by atoms with E-state index in [0.29, 0.717) is 5.69 Å². The van der Waals surface area contributed by atoms with Crippen LogP contribution in [0.5, 0.6) is 0 Å². The first kappa shape index (κ1) is 24.7. The van der Waals surface area contributed by atoms with Gasteiger partial charge >= 0.3 is 0 Å². The van der Waals surface area contributed by atoms with E-state index in [9.17, 15) is 23.8 Å². The number of ether oxygens (including phenoxy) is 1. The first-order valence-corrected chi connectivity index (χ1v) is 12.1. The Balaban J connectivity index is 1.41. The van der Waals surface area contributed by atoms with E-state index in [0.717, 1.165) is 10.2 Å². The number of amides is 1. The zero-order valence-electron chi connectivity index (χ0n) is 18.8. The molecular weight excluding hydrogens is 516 g/mol. The number of carbonyl (C=O) groups excluding carboxylic acids is 1. The Morgan fingerprint density at radius 2 is 2.11 bits per heavy atom. The van der Waals surface area contributed by atoms with Crippen molar-refractivity contribution in [1.29, 1.82) is 0 Å². The zero-order valence-corrected chi connectivity index (χ0v) is 20.3. The van der Waals surface area contributed by atoms with Crippen molar-refractivity contribution in [3.63, 3.8) is 0 Å². The molecule has 3 heterocycles. The van der Waals surface area contributed by atoms with Crippen LogP contribution in [0.25, 0.3) is 21.5 Å². The van der Waals surface area contributed by atoms with Gasteiger partial charge in [0.1, 0.15) is 24.0 Å². The number of thiazole rings is 1. The second kappa shape index (κ2) is 9.79. The number of hydrogen-bond donors (Lipinski definition) is 2. The van der Waals surface area contributed by atoms with Crippen molar-refractivity contribution >= 4 is 44.7 Å². The maximum absolute atomic E-state index is 14.4. The molecule has 4 atom stereocenters. The van der Waals surface area contributed by atoms with Gasteiger partial charge in [-0.2, -0.15) is 0 Å². The van der Waals surface area contributed by atoms with Crippen LogP contribution < -0.4 is 4.90 Å². The predicted molar refractivity (Wildman–Crippen MR) is 129 cm³/mol. The van der Waals surface area contributed by atoms with E-state index in [1.54, 1.807) is 18.6 Å². The number of likely N-dealkylation sites (N-methyl/N-ethyl adjacent to an activating group) is 1. The summed E-state index contributed by atoms with van der Waals surface area (Å²) in [5, 5.41) is 28.1. The molecule has 188 valence electrons. The molecule has 0 radical (unpaired) electrons. The molecule has 4 unspecified atom stereocenters. The Morgan fingerprint density at radius 1 is 1.31 bits per heavy atom. The van der Waals surface area contributed by atoms with Crippen LogP contribution in [0.3, 0.4) is 0 Å². The number of nitrogens with zero attached hydrogens (tertiary/aromatic N) is 5. The molecule has 1 aliphatic heterocycles. The van der Waals surface area contributed by atoms with E-state index >= 15 is 0 Å². The van der Waals surface area contributed by atoms with Gasteiger partial charge < -0.3 is 19.8 Å². The topological polar surface area (TPSA) is 114 Å². The molecule has 9 nitrogen and oxygen atoms in total. The zero-order chi connectivity index (χ0) is 25.6. The molecule has 2 N–H and O–H groups in total. The molecule has 2 aromatic carbocycles. The van der Waals surface area contributed by atoms with E-state index < -0.39 is 42.6 Å². The van der Waals surface area contributed by atoms with Gasteiger partial charge in [0, 0.05) is 24.7 Å². The van der Waals surface area contributed by atoms with Crippen LogP contribution in [0.1, 0.15) is 12.5 Å². The lowest BCUT2D eigenvalue weighted by Gasteiger charge is -2.39. The van der Waals surface area contributed by atoms with Crippen LogP contribution in [-0.2, 0) is 9.53 Å². The number of rotatable bonds is 5. The van der Waals surface area contributed by atoms with Crippen LogP contribution in [0, 0.1) is 11.6 Å². The fourth-order valence-electron chi connectivity index (χ4n) is 4.21. The molecule has 13 heteroatoms. The summed E-state index contributed by atoms with van der Waals surface area (Å²) in [6.45, 7) is -0.545. The highest BCUT2D eigenvalue weighted by Crippen LogP contribution is 2.33. The minimum atomic E-state index is -1.24. The standard InChI is InChI=1S/C23H20ClF2N5O4S/c1-30(11-2-5-14-19(6-11)36-10-27-14)23(34)17-7-16(22(33)18(9-32)35-17)31-8-15(28-29-31)12-3-4-13(24)21(26)20(12)25/h2-6,8,10,16-18,22,32-33H,7,9H2,1H3. The molecule has 0 spiro atoms. The normalized spacial score (nSPS) is 22.2. The molecule has 0 bridgehead atoms. The highest BCUT2D eigenvalue weighted by atomic mass is 35.5. The summed E-state index contributed by atoms with van der Waals surface area (Å²) in [5.41, 5.74) is 3.02. The van der Waals surface area contributed by atoms with Gasteiger partial charge in [-0.1, -0.05) is 16.8 Å². The highest BCUT2D eigenvalue weighted by Gasteiger charge is 2.42. The van der Waals surface area contributed by atoms with E-state index in [1.165, 1.54) is 39.2 Å². The van der Waals surface area contributed by atoms with Gasteiger partial charge in [0.2, 0.25) is 0 Å². The van der Waals surface area contributed by atoms with Crippen LogP contribution in [0.4, 0.5) is 14.5 Å². The largest absolute Gasteiger partial charge is 0.394 e. The maximum atomic E-state index is 14.4. The summed E-state index contributed by atoms with van der Waals surface area (Å²) in [7, 11) is 1.60. The average Bonchev–Trinajstić information content (AvgIpc) is 3.56. The summed E-state index contributed by atoms with van der Waals surface area (Å²) >= 11 is 7.07. The van der Waals surface area contributed by atoms with Crippen molar-refractivity contribution in [1.82, 2.24) is 20.0 Å². The van der Waals surface area contributed by atoms with Gasteiger partial charge in [0.15, 0.2) is 11.6 Å². The van der Waals surface area contributed by atoms with Crippen molar-refractivity contribution < 1.29 is 28.5 Å². The van der Waals surface area contributed by atoms with Gasteiger partial charge in [-0.15, -0.1) is 16.4 Å². The third-order valence-electron chi connectivity index (χ3n) is 6.22. The lowest BCUT2D eigenvalue weighted by atomic mass is 9.94. The lowest BCUT2D eigenvalue weighted by molar-refractivity contribution is -0.169. The van der Waals surface area contributed by atoms with Crippen molar-refractivity contribution in [2.75, 3.05) is 18.6 Å². The molecule has 1 fully saturated rings. The molecule has 1 amide bonds. The minimum absolute atomic E-state index is 0.00387. The van der Waals surface area contributed by atoms with E-state index in [4.69, 9.17) is 16.3 Å². The molecule has 0 saturated carbocycles. The minimum Gasteiger partial charge on any atom is -0.394 e. The van der Waals surface area contributed by atoms with Crippen molar-refractivity contribution in [3.05, 3.63) is 58.7 Å². The Labute approximate surface area is 212 Å². The summed E-state index contributed by atoms with van der Waals surface area (Å²) in [6, 6.07) is 7.06. The number of benzene rings is 2. The molecule has 36 heavy (non-hydrogen) atoms. The number of anilines is 1. The second-order valence-electron chi connectivity index (χ2n) is 8.35. The number of fused-ring (bicyclic) bond motifs is 1. The Bertz CT molecular complexity index is 1430. The Morgan fingerprint density at radius 3 is 2.89 bits per heavy atom. The second-order valence-corrected chi connectivity index (χ2v) is 9.64. The number of hydrogen-bond acceptors (Lipinski definition) is 8. The number of aromatic nitrogens is 4. The molecular formula is C23H20ClF2N5O4S. The Kier molecular flexibility index (Phi) is 6.70. The summed E-state index contributed by atoms with van der Waals surface area (Å²) in [5.74, 6) is -2.77. The van der Waals surface area contributed by atoms with Crippen LogP contribution >= 0.6 is 22.9 Å². The fraction of sp³-hybridized carbons (Fsp3) is 0.304. The van der Waals surface area contributed by atoms with Crippen LogP contribution in [-0.4, -0.2) is 68.1 Å². The summed E-state index contributed by atoms with van der Waals surface area (Å²) < 4.78 is 36.2. The van der Waals surface area contributed by atoms with Gasteiger partial charge in [0.25, 0.3) is 5.91 Å². The molecule has 4 aromatic rings. The number of carbonyl (C=O) groups is 1. The van der Waals surface area contributed by atoms with E-state index in [-0.39, 0.29) is 28.6 Å². The molecule has 2 aromatic heterocycles. The molecule has 0 aliphatic carbocycles. The first-order valence-electron chi connectivity index (χ1n) is 10.9. The predicted octanol–water partition coefficient (Wildman–Crippen LogP) is 3.20.